The van der Waals surface area contributed by atoms with Crippen LogP contribution in [0.2, 0.25) is 0 Å². The van der Waals surface area contributed by atoms with E-state index in [0.29, 0.717) is 12.4 Å². The number of fused-ring (bicyclic) bond motifs is 1. The maximum Gasteiger partial charge on any atom is 0.123 e. The van der Waals surface area contributed by atoms with Gasteiger partial charge in [0, 0.05) is 24.1 Å². The van der Waals surface area contributed by atoms with E-state index in [1.54, 1.807) is 6.07 Å². The van der Waals surface area contributed by atoms with Gasteiger partial charge in [0.2, 0.25) is 0 Å². The number of hydrogen-bond acceptors (Lipinski definition) is 3. The fourth-order valence-electron chi connectivity index (χ4n) is 2.69. The van der Waals surface area contributed by atoms with Crippen LogP contribution in [0.1, 0.15) is 16.7 Å². The number of rotatable bonds is 5. The number of ether oxygens (including phenoxy) is 1. The summed E-state index contributed by atoms with van der Waals surface area (Å²) in [5, 5.41) is 13.5. The van der Waals surface area contributed by atoms with Gasteiger partial charge in [-0.3, -0.25) is 0 Å². The average Bonchev–Trinajstić information content (AvgIpc) is 2.54. The van der Waals surface area contributed by atoms with Crippen LogP contribution in [0.5, 0.6) is 11.5 Å². The molecule has 109 valence electrons. The lowest BCUT2D eigenvalue weighted by Gasteiger charge is -2.21. The van der Waals surface area contributed by atoms with Gasteiger partial charge >= 0.3 is 0 Å². The molecule has 1 heterocycles. The van der Waals surface area contributed by atoms with E-state index in [9.17, 15) is 5.11 Å². The highest BCUT2D eigenvalue weighted by molar-refractivity contribution is 5.50. The van der Waals surface area contributed by atoms with E-state index in [1.807, 2.05) is 24.3 Å². The van der Waals surface area contributed by atoms with E-state index in [-0.39, 0.29) is 0 Å². The standard InChI is InChI=1S/C18H20NO2/c20-17-8-9-18-16(7-4-12-21-18)15(17)10-11-19-13-14-5-2-1-3-6-14/h1-6,8-9,19-20H,7,10-13H2. The van der Waals surface area contributed by atoms with Gasteiger partial charge in [0.1, 0.15) is 11.5 Å². The Morgan fingerprint density at radius 2 is 1.95 bits per heavy atom. The second kappa shape index (κ2) is 6.64. The molecule has 0 saturated heterocycles. The summed E-state index contributed by atoms with van der Waals surface area (Å²) in [6, 6.07) is 13.9. The number of phenols is 1. The Bertz CT molecular complexity index is 596. The first-order valence-electron chi connectivity index (χ1n) is 7.37. The van der Waals surface area contributed by atoms with E-state index >= 15 is 0 Å². The Morgan fingerprint density at radius 1 is 1.10 bits per heavy atom. The largest absolute Gasteiger partial charge is 0.508 e. The molecule has 1 aliphatic heterocycles. The van der Waals surface area contributed by atoms with Gasteiger partial charge in [0.15, 0.2) is 0 Å². The van der Waals surface area contributed by atoms with Gasteiger partial charge in [-0.1, -0.05) is 30.3 Å². The van der Waals surface area contributed by atoms with E-state index < -0.39 is 0 Å². The molecule has 0 saturated carbocycles. The molecular formula is C18H20NO2. The van der Waals surface area contributed by atoms with Gasteiger partial charge in [-0.25, -0.2) is 0 Å². The second-order valence-corrected chi connectivity index (χ2v) is 5.26. The van der Waals surface area contributed by atoms with Crippen molar-refractivity contribution in [3.63, 3.8) is 0 Å². The Hall–Kier alpha value is -2.00. The SMILES string of the molecule is Oc1ccc2c(c1CCNCc1ccccc1)C[CH]CO2. The van der Waals surface area contributed by atoms with Crippen LogP contribution in [-0.2, 0) is 19.4 Å². The van der Waals surface area contributed by atoms with Gasteiger partial charge in [-0.2, -0.15) is 0 Å². The van der Waals surface area contributed by atoms with Gasteiger partial charge < -0.3 is 15.2 Å². The molecule has 3 rings (SSSR count). The lowest BCUT2D eigenvalue weighted by Crippen LogP contribution is -2.18. The van der Waals surface area contributed by atoms with Gasteiger partial charge in [-0.05, 0) is 37.1 Å². The molecule has 2 aromatic rings. The van der Waals surface area contributed by atoms with Crippen molar-refractivity contribution >= 4 is 0 Å². The normalized spacial score (nSPS) is 13.5. The van der Waals surface area contributed by atoms with Crippen LogP contribution >= 0.6 is 0 Å². The third kappa shape index (κ3) is 3.37. The van der Waals surface area contributed by atoms with Crippen molar-refractivity contribution in [3.05, 3.63) is 65.6 Å². The van der Waals surface area contributed by atoms with Crippen LogP contribution in [0.3, 0.4) is 0 Å². The van der Waals surface area contributed by atoms with Crippen LogP contribution in [-0.4, -0.2) is 18.3 Å². The lowest BCUT2D eigenvalue weighted by atomic mass is 9.97. The predicted octanol–water partition coefficient (Wildman–Crippen LogP) is 2.86. The smallest absolute Gasteiger partial charge is 0.123 e. The molecule has 1 radical (unpaired) electrons. The Kier molecular flexibility index (Phi) is 4.41. The molecule has 3 heteroatoms. The van der Waals surface area contributed by atoms with Crippen LogP contribution in [0, 0.1) is 6.42 Å². The van der Waals surface area contributed by atoms with Crippen LogP contribution in [0.25, 0.3) is 0 Å². The second-order valence-electron chi connectivity index (χ2n) is 5.26. The number of hydrogen-bond donors (Lipinski definition) is 2. The first kappa shape index (κ1) is 14.0. The van der Waals surface area contributed by atoms with E-state index in [2.05, 4.69) is 23.9 Å². The molecule has 2 aromatic carbocycles. The molecule has 0 amide bonds. The summed E-state index contributed by atoms with van der Waals surface area (Å²) in [5.41, 5.74) is 3.40. The third-order valence-electron chi connectivity index (χ3n) is 3.79. The molecule has 0 fully saturated rings. The van der Waals surface area contributed by atoms with Gasteiger partial charge in [-0.15, -0.1) is 0 Å². The topological polar surface area (TPSA) is 41.5 Å². The van der Waals surface area contributed by atoms with Crippen molar-refractivity contribution in [3.8, 4) is 11.5 Å². The maximum absolute atomic E-state index is 10.1. The molecule has 0 atom stereocenters. The van der Waals surface area contributed by atoms with Crippen LogP contribution in [0.15, 0.2) is 42.5 Å². The summed E-state index contributed by atoms with van der Waals surface area (Å²) in [5.74, 6) is 1.28. The molecule has 21 heavy (non-hydrogen) atoms. The number of benzene rings is 2. The van der Waals surface area contributed by atoms with E-state index in [1.165, 1.54) is 5.56 Å². The molecule has 0 spiro atoms. The zero-order chi connectivity index (χ0) is 14.5. The van der Waals surface area contributed by atoms with Crippen molar-refractivity contribution in [2.75, 3.05) is 13.2 Å². The van der Waals surface area contributed by atoms with Crippen molar-refractivity contribution in [1.29, 1.82) is 0 Å². The summed E-state index contributed by atoms with van der Waals surface area (Å²) in [7, 11) is 0. The van der Waals surface area contributed by atoms with E-state index in [4.69, 9.17) is 4.74 Å². The van der Waals surface area contributed by atoms with Crippen molar-refractivity contribution in [2.24, 2.45) is 0 Å². The molecule has 0 aliphatic carbocycles. The minimum absolute atomic E-state index is 0.370. The lowest BCUT2D eigenvalue weighted by molar-refractivity contribution is 0.326. The Balaban J connectivity index is 1.60. The molecule has 0 bridgehead atoms. The Labute approximate surface area is 125 Å². The molecule has 0 unspecified atom stereocenters. The predicted molar refractivity (Wildman–Crippen MR) is 83.5 cm³/mol. The highest BCUT2D eigenvalue weighted by atomic mass is 16.5. The average molecular weight is 282 g/mol. The van der Waals surface area contributed by atoms with Crippen molar-refractivity contribution in [1.82, 2.24) is 5.32 Å². The quantitative estimate of drug-likeness (QED) is 0.829. The van der Waals surface area contributed by atoms with E-state index in [0.717, 1.165) is 42.8 Å². The highest BCUT2D eigenvalue weighted by Crippen LogP contribution is 2.33. The number of nitrogens with one attached hydrogen (secondary N) is 1. The third-order valence-corrected chi connectivity index (χ3v) is 3.79. The summed E-state index contributed by atoms with van der Waals surface area (Å²) in [6.45, 7) is 2.33. The zero-order valence-electron chi connectivity index (χ0n) is 12.0. The molecular weight excluding hydrogens is 262 g/mol. The fraction of sp³-hybridized carbons (Fsp3) is 0.278. The highest BCUT2D eigenvalue weighted by Gasteiger charge is 2.17. The number of phenolic OH excluding ortho intramolecular Hbond substituents is 1. The molecule has 3 nitrogen and oxygen atoms in total. The number of aromatic hydroxyl groups is 1. The zero-order valence-corrected chi connectivity index (χ0v) is 12.0. The monoisotopic (exact) mass is 282 g/mol. The van der Waals surface area contributed by atoms with Crippen molar-refractivity contribution in [2.45, 2.75) is 19.4 Å². The van der Waals surface area contributed by atoms with Crippen molar-refractivity contribution < 1.29 is 9.84 Å². The van der Waals surface area contributed by atoms with Crippen LogP contribution in [0.4, 0.5) is 0 Å². The van der Waals surface area contributed by atoms with Gasteiger partial charge in [0.25, 0.3) is 0 Å². The minimum atomic E-state index is 0.370. The summed E-state index contributed by atoms with van der Waals surface area (Å²) in [6.07, 6.45) is 3.78. The maximum atomic E-state index is 10.1. The summed E-state index contributed by atoms with van der Waals surface area (Å²) < 4.78 is 5.61. The first-order valence-corrected chi connectivity index (χ1v) is 7.37. The molecule has 0 aromatic heterocycles. The fourth-order valence-corrected chi connectivity index (χ4v) is 2.69. The Morgan fingerprint density at radius 3 is 2.81 bits per heavy atom. The summed E-state index contributed by atoms with van der Waals surface area (Å²) in [4.78, 5) is 0. The minimum Gasteiger partial charge on any atom is -0.508 e. The molecule has 1 aliphatic rings. The first-order chi connectivity index (χ1) is 10.3. The van der Waals surface area contributed by atoms with Crippen LogP contribution < -0.4 is 10.1 Å². The summed E-state index contributed by atoms with van der Waals surface area (Å²) >= 11 is 0. The van der Waals surface area contributed by atoms with Gasteiger partial charge in [0.05, 0.1) is 6.61 Å². The molecule has 2 N–H and O–H groups in total.